The summed E-state index contributed by atoms with van der Waals surface area (Å²) in [5.41, 5.74) is 2.76. The summed E-state index contributed by atoms with van der Waals surface area (Å²) < 4.78 is 56.6. The molecule has 0 radical (unpaired) electrons. The summed E-state index contributed by atoms with van der Waals surface area (Å²) in [5.74, 6) is -3.01. The van der Waals surface area contributed by atoms with Crippen LogP contribution in [0.5, 0.6) is 0 Å². The predicted octanol–water partition coefficient (Wildman–Crippen LogP) is 4.22. The maximum absolute atomic E-state index is 14.0. The van der Waals surface area contributed by atoms with E-state index in [1.54, 1.807) is 0 Å². The third-order valence-corrected chi connectivity index (χ3v) is 5.70. The van der Waals surface area contributed by atoms with E-state index in [9.17, 15) is 32.4 Å². The molecule has 0 fully saturated rings. The Balaban J connectivity index is 1.82. The number of pyridine rings is 2. The SMILES string of the molecule is Cc1c(NC(=O)c2cc(C(N)=O)nc3cc(F)c(Cl)cc23)c(C(F)(F)F)nn1Cc1ccncc1C#N. The number of carbonyl (C=O) groups is 2. The topological polar surface area (TPSA) is 140 Å². The van der Waals surface area contributed by atoms with Crippen molar-refractivity contribution in [3.63, 3.8) is 0 Å². The fourth-order valence-electron chi connectivity index (χ4n) is 3.59. The number of nitriles is 1. The van der Waals surface area contributed by atoms with E-state index in [2.05, 4.69) is 20.4 Å². The smallest absolute Gasteiger partial charge is 0.364 e. The van der Waals surface area contributed by atoms with E-state index in [-0.39, 0.29) is 39.3 Å². The standard InChI is InChI=1S/C23H14ClF4N7O2/c1-10-19(20(23(26,27)28)34-35(10)9-11-2-3-31-8-12(11)7-29)33-22(37)14-5-18(21(30)36)32-17-6-16(25)15(24)4-13(14)17/h2-6,8H,9H2,1H3,(H2,30,36)(H,33,37). The van der Waals surface area contributed by atoms with E-state index in [0.29, 0.717) is 5.56 Å². The van der Waals surface area contributed by atoms with Gasteiger partial charge < -0.3 is 11.1 Å². The van der Waals surface area contributed by atoms with Crippen LogP contribution >= 0.6 is 11.6 Å². The molecule has 3 heterocycles. The molecule has 0 unspecified atom stereocenters. The number of nitrogens with zero attached hydrogens (tertiary/aromatic N) is 5. The van der Waals surface area contributed by atoms with Gasteiger partial charge in [0.15, 0.2) is 5.69 Å². The highest BCUT2D eigenvalue weighted by atomic mass is 35.5. The number of benzene rings is 1. The number of anilines is 1. The Labute approximate surface area is 210 Å². The van der Waals surface area contributed by atoms with Crippen molar-refractivity contribution in [2.24, 2.45) is 5.73 Å². The van der Waals surface area contributed by atoms with Gasteiger partial charge in [-0.1, -0.05) is 11.6 Å². The van der Waals surface area contributed by atoms with Gasteiger partial charge in [-0.05, 0) is 30.7 Å². The third-order valence-electron chi connectivity index (χ3n) is 5.41. The number of alkyl halides is 3. The summed E-state index contributed by atoms with van der Waals surface area (Å²) in [6.07, 6.45) is -2.32. The first-order valence-electron chi connectivity index (χ1n) is 10.3. The van der Waals surface area contributed by atoms with Gasteiger partial charge in [0, 0.05) is 23.8 Å². The second kappa shape index (κ2) is 9.47. The van der Waals surface area contributed by atoms with Gasteiger partial charge in [0.1, 0.15) is 17.6 Å². The first kappa shape index (κ1) is 25.5. The molecule has 37 heavy (non-hydrogen) atoms. The summed E-state index contributed by atoms with van der Waals surface area (Å²) in [6.45, 7) is 1.09. The minimum absolute atomic E-state index is 0.0250. The Morgan fingerprint density at radius 1 is 1.27 bits per heavy atom. The quantitative estimate of drug-likeness (QED) is 0.370. The molecule has 0 saturated heterocycles. The van der Waals surface area contributed by atoms with Crippen LogP contribution in [0.1, 0.15) is 43.4 Å². The number of fused-ring (bicyclic) bond motifs is 1. The van der Waals surface area contributed by atoms with Crippen LogP contribution in [0.25, 0.3) is 10.9 Å². The molecule has 0 atom stereocenters. The van der Waals surface area contributed by atoms with E-state index in [1.165, 1.54) is 25.4 Å². The molecule has 3 N–H and O–H groups in total. The zero-order chi connectivity index (χ0) is 27.1. The Morgan fingerprint density at radius 3 is 2.65 bits per heavy atom. The largest absolute Gasteiger partial charge is 0.437 e. The maximum Gasteiger partial charge on any atom is 0.437 e. The summed E-state index contributed by atoms with van der Waals surface area (Å²) >= 11 is 5.83. The average molecular weight is 532 g/mol. The van der Waals surface area contributed by atoms with Crippen molar-refractivity contribution in [1.82, 2.24) is 19.7 Å². The van der Waals surface area contributed by atoms with Gasteiger partial charge in [-0.3, -0.25) is 19.3 Å². The molecule has 188 valence electrons. The Morgan fingerprint density at radius 2 is 2.00 bits per heavy atom. The molecule has 4 aromatic rings. The van der Waals surface area contributed by atoms with E-state index in [0.717, 1.165) is 22.9 Å². The van der Waals surface area contributed by atoms with Crippen molar-refractivity contribution >= 4 is 40.0 Å². The number of carbonyl (C=O) groups excluding carboxylic acids is 2. The maximum atomic E-state index is 14.0. The molecular weight excluding hydrogens is 518 g/mol. The number of amides is 2. The molecule has 0 aliphatic rings. The van der Waals surface area contributed by atoms with Gasteiger partial charge in [-0.15, -0.1) is 0 Å². The lowest BCUT2D eigenvalue weighted by atomic mass is 10.1. The van der Waals surface area contributed by atoms with Crippen molar-refractivity contribution in [1.29, 1.82) is 5.26 Å². The van der Waals surface area contributed by atoms with E-state index in [1.807, 2.05) is 6.07 Å². The number of nitrogens with two attached hydrogens (primary N) is 1. The van der Waals surface area contributed by atoms with Crippen molar-refractivity contribution in [2.75, 3.05) is 5.32 Å². The second-order valence-electron chi connectivity index (χ2n) is 7.77. The van der Waals surface area contributed by atoms with Crippen molar-refractivity contribution in [2.45, 2.75) is 19.6 Å². The molecule has 0 aliphatic heterocycles. The Hall–Kier alpha value is -4.57. The number of hydrogen-bond acceptors (Lipinski definition) is 6. The van der Waals surface area contributed by atoms with Crippen LogP contribution in [0.2, 0.25) is 5.02 Å². The summed E-state index contributed by atoms with van der Waals surface area (Å²) in [7, 11) is 0. The lowest BCUT2D eigenvalue weighted by Gasteiger charge is -2.12. The minimum atomic E-state index is -4.96. The molecule has 14 heteroatoms. The molecular formula is C23H14ClF4N7O2. The zero-order valence-electron chi connectivity index (χ0n) is 18.7. The van der Waals surface area contributed by atoms with Gasteiger partial charge in [-0.25, -0.2) is 9.37 Å². The summed E-state index contributed by atoms with van der Waals surface area (Å²) in [5, 5.41) is 14.7. The van der Waals surface area contributed by atoms with Crippen LogP contribution in [0.3, 0.4) is 0 Å². The number of hydrogen-bond donors (Lipinski definition) is 2. The fraction of sp³-hybridized carbons (Fsp3) is 0.130. The Kier molecular flexibility index (Phi) is 6.53. The first-order valence-corrected chi connectivity index (χ1v) is 10.7. The number of primary amides is 1. The molecule has 0 aliphatic carbocycles. The highest BCUT2D eigenvalue weighted by Crippen LogP contribution is 2.37. The average Bonchev–Trinajstić information content (AvgIpc) is 3.14. The third kappa shape index (κ3) is 4.91. The van der Waals surface area contributed by atoms with Gasteiger partial charge in [0.2, 0.25) is 0 Å². The van der Waals surface area contributed by atoms with Crippen LogP contribution in [0.15, 0.2) is 36.7 Å². The van der Waals surface area contributed by atoms with Gasteiger partial charge in [0.05, 0.1) is 39.6 Å². The van der Waals surface area contributed by atoms with Gasteiger partial charge in [0.25, 0.3) is 11.8 Å². The van der Waals surface area contributed by atoms with E-state index >= 15 is 0 Å². The van der Waals surface area contributed by atoms with Gasteiger partial charge >= 0.3 is 6.18 Å². The van der Waals surface area contributed by atoms with Crippen LogP contribution < -0.4 is 11.1 Å². The molecule has 1 aromatic carbocycles. The fourth-order valence-corrected chi connectivity index (χ4v) is 3.75. The summed E-state index contributed by atoms with van der Waals surface area (Å²) in [4.78, 5) is 32.6. The van der Waals surface area contributed by atoms with E-state index < -0.39 is 40.9 Å². The van der Waals surface area contributed by atoms with Crippen molar-refractivity contribution in [3.8, 4) is 6.07 Å². The number of nitrogens with one attached hydrogen (secondary N) is 1. The molecule has 0 bridgehead atoms. The minimum Gasteiger partial charge on any atom is -0.364 e. The Bertz CT molecular complexity index is 1630. The van der Waals surface area contributed by atoms with Crippen LogP contribution in [-0.4, -0.2) is 31.6 Å². The molecule has 0 saturated carbocycles. The second-order valence-corrected chi connectivity index (χ2v) is 8.17. The predicted molar refractivity (Wildman–Crippen MR) is 123 cm³/mol. The van der Waals surface area contributed by atoms with E-state index in [4.69, 9.17) is 17.3 Å². The lowest BCUT2D eigenvalue weighted by molar-refractivity contribution is -0.140. The number of halogens is 5. The lowest BCUT2D eigenvalue weighted by Crippen LogP contribution is -2.19. The molecule has 4 rings (SSSR count). The number of rotatable bonds is 5. The molecule has 9 nitrogen and oxygen atoms in total. The summed E-state index contributed by atoms with van der Waals surface area (Å²) in [6, 6.07) is 6.26. The zero-order valence-corrected chi connectivity index (χ0v) is 19.4. The number of aromatic nitrogens is 4. The highest BCUT2D eigenvalue weighted by molar-refractivity contribution is 6.31. The molecule has 0 spiro atoms. The highest BCUT2D eigenvalue weighted by Gasteiger charge is 2.39. The van der Waals surface area contributed by atoms with Crippen LogP contribution in [-0.2, 0) is 12.7 Å². The van der Waals surface area contributed by atoms with Crippen molar-refractivity contribution < 1.29 is 27.2 Å². The van der Waals surface area contributed by atoms with Crippen LogP contribution in [0, 0.1) is 24.1 Å². The van der Waals surface area contributed by atoms with Gasteiger partial charge in [-0.2, -0.15) is 23.5 Å². The van der Waals surface area contributed by atoms with Crippen molar-refractivity contribution in [3.05, 3.63) is 81.3 Å². The first-order chi connectivity index (χ1) is 17.4. The van der Waals surface area contributed by atoms with Crippen LogP contribution in [0.4, 0.5) is 23.2 Å². The normalized spacial score (nSPS) is 11.4. The molecule has 3 aromatic heterocycles. The monoisotopic (exact) mass is 531 g/mol. The molecule has 2 amide bonds.